The zero-order chi connectivity index (χ0) is 30.7. The van der Waals surface area contributed by atoms with Crippen LogP contribution in [0.25, 0.3) is 22.3 Å². The molecule has 2 nitrogen and oxygen atoms in total. The fraction of sp³-hybridized carbons (Fsp3) is 0.0455. The average molecular weight is 590 g/mol. The second kappa shape index (κ2) is 10.4. The van der Waals surface area contributed by atoms with Crippen molar-refractivity contribution in [1.29, 1.82) is 0 Å². The van der Waals surface area contributed by atoms with E-state index in [1.54, 1.807) is 0 Å². The van der Waals surface area contributed by atoms with Crippen molar-refractivity contribution in [2.45, 2.75) is 12.3 Å². The molecule has 0 unspecified atom stereocenters. The Hall–Kier alpha value is -5.86. The number of ether oxygens (including phenoxy) is 1. The van der Waals surface area contributed by atoms with Crippen LogP contribution in [0, 0.1) is 6.92 Å². The summed E-state index contributed by atoms with van der Waals surface area (Å²) < 4.78 is 6.63. The Morgan fingerprint density at radius 1 is 0.413 bits per heavy atom. The molecule has 0 aliphatic carbocycles. The second-order valence-electron chi connectivity index (χ2n) is 12.2. The highest BCUT2D eigenvalue weighted by atomic mass is 16.5. The molecule has 0 atom stereocenters. The first-order chi connectivity index (χ1) is 22.7. The standard InChI is InChI=1S/C44H31NO/c1-30-20-26-40-38(28-30)44(36-16-8-10-18-42(36)46-43-19-11-9-17-37(43)44)39-29-34(32-14-6-3-7-15-32)23-27-41(39)45(40)35-24-21-33(22-25-35)31-12-4-2-5-13-31/h2-29H,1H3. The summed E-state index contributed by atoms with van der Waals surface area (Å²) in [6.45, 7) is 2.19. The molecular formula is C44H31NO. The minimum atomic E-state index is -0.590. The second-order valence-corrected chi connectivity index (χ2v) is 12.2. The maximum Gasteiger partial charge on any atom is 0.132 e. The fourth-order valence-corrected chi connectivity index (χ4v) is 7.55. The quantitative estimate of drug-likeness (QED) is 0.203. The molecule has 0 saturated carbocycles. The summed E-state index contributed by atoms with van der Waals surface area (Å²) in [5.74, 6) is 1.79. The van der Waals surface area contributed by atoms with Crippen LogP contribution in [0.1, 0.15) is 27.8 Å². The largest absolute Gasteiger partial charge is 0.457 e. The summed E-state index contributed by atoms with van der Waals surface area (Å²) >= 11 is 0. The molecule has 0 fully saturated rings. The van der Waals surface area contributed by atoms with E-state index in [-0.39, 0.29) is 0 Å². The molecule has 0 saturated heterocycles. The Kier molecular flexibility index (Phi) is 5.97. The molecular weight excluding hydrogens is 558 g/mol. The van der Waals surface area contributed by atoms with Crippen molar-refractivity contribution in [3.8, 4) is 33.8 Å². The van der Waals surface area contributed by atoms with Gasteiger partial charge in [0.2, 0.25) is 0 Å². The molecule has 2 aliphatic heterocycles. The number of fused-ring (bicyclic) bond motifs is 8. The van der Waals surface area contributed by atoms with Crippen molar-refractivity contribution in [2.24, 2.45) is 0 Å². The van der Waals surface area contributed by atoms with Crippen molar-refractivity contribution in [1.82, 2.24) is 0 Å². The number of hydrogen-bond donors (Lipinski definition) is 0. The van der Waals surface area contributed by atoms with Gasteiger partial charge in [0.25, 0.3) is 0 Å². The first-order valence-electron chi connectivity index (χ1n) is 15.9. The van der Waals surface area contributed by atoms with Crippen LogP contribution in [-0.2, 0) is 5.41 Å². The van der Waals surface area contributed by atoms with E-state index in [9.17, 15) is 0 Å². The van der Waals surface area contributed by atoms with Crippen LogP contribution in [0.15, 0.2) is 170 Å². The Bertz CT molecular complexity index is 2190. The summed E-state index contributed by atoms with van der Waals surface area (Å²) in [6.07, 6.45) is 0. The van der Waals surface area contributed by atoms with Crippen LogP contribution in [0.3, 0.4) is 0 Å². The Morgan fingerprint density at radius 2 is 0.891 bits per heavy atom. The summed E-state index contributed by atoms with van der Waals surface area (Å²) in [6, 6.07) is 61.3. The van der Waals surface area contributed by atoms with E-state index in [1.165, 1.54) is 44.6 Å². The number of nitrogens with zero attached hydrogens (tertiary/aromatic N) is 1. The number of para-hydroxylation sites is 2. The first-order valence-corrected chi connectivity index (χ1v) is 15.9. The topological polar surface area (TPSA) is 12.5 Å². The van der Waals surface area contributed by atoms with Crippen molar-refractivity contribution in [3.63, 3.8) is 0 Å². The van der Waals surface area contributed by atoms with Gasteiger partial charge in [-0.25, -0.2) is 0 Å². The van der Waals surface area contributed by atoms with Crippen molar-refractivity contribution < 1.29 is 4.74 Å². The number of anilines is 3. The van der Waals surface area contributed by atoms with Crippen LogP contribution in [0.2, 0.25) is 0 Å². The Morgan fingerprint density at radius 3 is 1.52 bits per heavy atom. The molecule has 2 heterocycles. The number of hydrogen-bond acceptors (Lipinski definition) is 2. The maximum atomic E-state index is 6.63. The zero-order valence-electron chi connectivity index (χ0n) is 25.5. The van der Waals surface area contributed by atoms with E-state index in [1.807, 2.05) is 0 Å². The van der Waals surface area contributed by atoms with Gasteiger partial charge in [0.1, 0.15) is 11.5 Å². The minimum absolute atomic E-state index is 0.590. The Labute approximate surface area is 269 Å². The summed E-state index contributed by atoms with van der Waals surface area (Å²) in [5.41, 5.74) is 13.7. The highest BCUT2D eigenvalue weighted by Crippen LogP contribution is 2.63. The third-order valence-corrected chi connectivity index (χ3v) is 9.58. The molecule has 0 aromatic heterocycles. The molecule has 1 spiro atoms. The average Bonchev–Trinajstić information content (AvgIpc) is 3.12. The molecule has 2 aliphatic rings. The van der Waals surface area contributed by atoms with Gasteiger partial charge in [-0.3, -0.25) is 0 Å². The lowest BCUT2D eigenvalue weighted by atomic mass is 9.60. The van der Waals surface area contributed by atoms with Gasteiger partial charge in [-0.15, -0.1) is 0 Å². The van der Waals surface area contributed by atoms with E-state index in [4.69, 9.17) is 4.74 Å². The molecule has 218 valence electrons. The highest BCUT2D eigenvalue weighted by molar-refractivity contribution is 5.92. The third-order valence-electron chi connectivity index (χ3n) is 9.58. The lowest BCUT2D eigenvalue weighted by Gasteiger charge is -2.49. The monoisotopic (exact) mass is 589 g/mol. The SMILES string of the molecule is Cc1ccc2c(c1)C1(c3ccccc3Oc3ccccc31)c1cc(-c3ccccc3)ccc1N2c1ccc(-c2ccccc2)cc1. The molecule has 0 radical (unpaired) electrons. The molecule has 2 heteroatoms. The van der Waals surface area contributed by atoms with Gasteiger partial charge < -0.3 is 9.64 Å². The molecule has 0 bridgehead atoms. The van der Waals surface area contributed by atoms with Crippen LogP contribution in [-0.4, -0.2) is 0 Å². The number of aryl methyl sites for hydroxylation is 1. The van der Waals surface area contributed by atoms with Crippen molar-refractivity contribution in [3.05, 3.63) is 198 Å². The Balaban J connectivity index is 1.37. The van der Waals surface area contributed by atoms with Crippen molar-refractivity contribution in [2.75, 3.05) is 4.90 Å². The molecule has 9 rings (SSSR count). The smallest absolute Gasteiger partial charge is 0.132 e. The summed E-state index contributed by atoms with van der Waals surface area (Å²) in [4.78, 5) is 2.44. The van der Waals surface area contributed by atoms with Crippen LogP contribution in [0.5, 0.6) is 11.5 Å². The molecule has 7 aromatic rings. The van der Waals surface area contributed by atoms with Crippen molar-refractivity contribution >= 4 is 17.1 Å². The molecule has 7 aromatic carbocycles. The number of benzene rings is 7. The van der Waals surface area contributed by atoms with Gasteiger partial charge in [-0.2, -0.15) is 0 Å². The number of rotatable bonds is 3. The zero-order valence-corrected chi connectivity index (χ0v) is 25.5. The lowest BCUT2D eigenvalue weighted by Crippen LogP contribution is -2.39. The highest BCUT2D eigenvalue weighted by Gasteiger charge is 2.51. The molecule has 0 amide bonds. The minimum Gasteiger partial charge on any atom is -0.457 e. The molecule has 0 N–H and O–H groups in total. The maximum absolute atomic E-state index is 6.63. The van der Waals surface area contributed by atoms with E-state index in [0.717, 1.165) is 34.0 Å². The van der Waals surface area contributed by atoms with E-state index < -0.39 is 5.41 Å². The van der Waals surface area contributed by atoms with E-state index in [0.29, 0.717) is 0 Å². The van der Waals surface area contributed by atoms with E-state index in [2.05, 4.69) is 182 Å². The van der Waals surface area contributed by atoms with Crippen LogP contribution in [0.4, 0.5) is 17.1 Å². The van der Waals surface area contributed by atoms with Crippen LogP contribution >= 0.6 is 0 Å². The van der Waals surface area contributed by atoms with E-state index >= 15 is 0 Å². The normalized spacial score (nSPS) is 13.6. The van der Waals surface area contributed by atoms with Gasteiger partial charge in [0.05, 0.1) is 16.8 Å². The predicted molar refractivity (Wildman–Crippen MR) is 189 cm³/mol. The summed E-state index contributed by atoms with van der Waals surface area (Å²) in [7, 11) is 0. The summed E-state index contributed by atoms with van der Waals surface area (Å²) in [5, 5.41) is 0. The first kappa shape index (κ1) is 26.5. The fourth-order valence-electron chi connectivity index (χ4n) is 7.55. The van der Waals surface area contributed by atoms with Gasteiger partial charge in [-0.1, -0.05) is 133 Å². The van der Waals surface area contributed by atoms with Gasteiger partial charge in [0, 0.05) is 16.8 Å². The lowest BCUT2D eigenvalue weighted by molar-refractivity contribution is 0.434. The van der Waals surface area contributed by atoms with Crippen LogP contribution < -0.4 is 9.64 Å². The van der Waals surface area contributed by atoms with Gasteiger partial charge in [-0.05, 0) is 82.8 Å². The van der Waals surface area contributed by atoms with Gasteiger partial charge in [0.15, 0.2) is 0 Å². The van der Waals surface area contributed by atoms with Gasteiger partial charge >= 0.3 is 0 Å². The molecule has 46 heavy (non-hydrogen) atoms. The third kappa shape index (κ3) is 3.90. The predicted octanol–water partition coefficient (Wildman–Crippen LogP) is 11.6.